The van der Waals surface area contributed by atoms with Crippen molar-refractivity contribution in [1.82, 2.24) is 34.3 Å². The van der Waals surface area contributed by atoms with Crippen molar-refractivity contribution in [1.29, 1.82) is 0 Å². The third-order valence-electron chi connectivity index (χ3n) is 3.63. The van der Waals surface area contributed by atoms with Crippen LogP contribution in [0.3, 0.4) is 0 Å². The van der Waals surface area contributed by atoms with Gasteiger partial charge < -0.3 is 4.42 Å². The summed E-state index contributed by atoms with van der Waals surface area (Å²) in [4.78, 5) is 13.2. The Hall–Kier alpha value is -3.29. The molecule has 8 heteroatoms. The van der Waals surface area contributed by atoms with Gasteiger partial charge in [-0.3, -0.25) is 4.98 Å². The highest BCUT2D eigenvalue weighted by Gasteiger charge is 2.11. The number of hydrogen-bond donors (Lipinski definition) is 0. The molecule has 0 aliphatic heterocycles. The lowest BCUT2D eigenvalue weighted by Crippen LogP contribution is -1.97. The maximum absolute atomic E-state index is 5.36. The molecule has 8 nitrogen and oxygen atoms in total. The van der Waals surface area contributed by atoms with Crippen LogP contribution in [0.5, 0.6) is 0 Å². The first kappa shape index (κ1) is 14.3. The Morgan fingerprint density at radius 3 is 2.58 bits per heavy atom. The summed E-state index contributed by atoms with van der Waals surface area (Å²) in [6.45, 7) is 3.85. The van der Waals surface area contributed by atoms with E-state index in [9.17, 15) is 0 Å². The molecule has 0 unspecified atom stereocenters. The lowest BCUT2D eigenvalue weighted by molar-refractivity contribution is 0.570. The van der Waals surface area contributed by atoms with Gasteiger partial charge in [0.1, 0.15) is 0 Å². The van der Waals surface area contributed by atoms with Crippen molar-refractivity contribution in [3.63, 3.8) is 0 Å². The van der Waals surface area contributed by atoms with E-state index in [-0.39, 0.29) is 0 Å². The SMILES string of the molecule is Cc1ncc(C)n2nc(/C=C/c3nc(-c4ccco4)n(C)n3)nc12. The van der Waals surface area contributed by atoms with Crippen LogP contribution in [0.2, 0.25) is 0 Å². The highest BCUT2D eigenvalue weighted by Crippen LogP contribution is 2.17. The Bertz CT molecular complexity index is 1000. The summed E-state index contributed by atoms with van der Waals surface area (Å²) < 4.78 is 8.81. The normalized spacial score (nSPS) is 11.8. The number of nitrogens with zero attached hydrogens (tertiary/aromatic N) is 7. The van der Waals surface area contributed by atoms with Crippen LogP contribution in [-0.4, -0.2) is 34.3 Å². The first-order valence-electron chi connectivity index (χ1n) is 7.44. The lowest BCUT2D eigenvalue weighted by Gasteiger charge is -1.97. The summed E-state index contributed by atoms with van der Waals surface area (Å²) in [5.74, 6) is 2.49. The van der Waals surface area contributed by atoms with E-state index in [2.05, 4.69) is 25.1 Å². The summed E-state index contributed by atoms with van der Waals surface area (Å²) in [6, 6.07) is 3.67. The highest BCUT2D eigenvalue weighted by atomic mass is 16.3. The van der Waals surface area contributed by atoms with Gasteiger partial charge >= 0.3 is 0 Å². The lowest BCUT2D eigenvalue weighted by atomic mass is 10.4. The van der Waals surface area contributed by atoms with Gasteiger partial charge in [0, 0.05) is 13.2 Å². The number of hydrogen-bond acceptors (Lipinski definition) is 6. The van der Waals surface area contributed by atoms with Crippen LogP contribution in [0.25, 0.3) is 29.4 Å². The van der Waals surface area contributed by atoms with Gasteiger partial charge in [0.2, 0.25) is 0 Å². The van der Waals surface area contributed by atoms with Gasteiger partial charge in [-0.25, -0.2) is 19.2 Å². The molecule has 0 aromatic carbocycles. The van der Waals surface area contributed by atoms with Gasteiger partial charge in [-0.15, -0.1) is 5.10 Å². The van der Waals surface area contributed by atoms with E-state index in [0.29, 0.717) is 23.2 Å². The molecule has 0 aliphatic rings. The van der Waals surface area contributed by atoms with Crippen LogP contribution < -0.4 is 0 Å². The number of aryl methyl sites for hydroxylation is 3. The largest absolute Gasteiger partial charge is 0.461 e. The molecule has 4 aromatic heterocycles. The number of rotatable bonds is 3. The number of aromatic nitrogens is 7. The standard InChI is InChI=1S/C16H15N7O/c1-10-9-17-11(2)15-18-14(21-23(10)15)7-6-13-19-16(22(3)20-13)12-5-4-8-24-12/h4-9H,1-3H3/b7-6+. The second-order valence-corrected chi connectivity index (χ2v) is 5.42. The maximum Gasteiger partial charge on any atom is 0.194 e. The molecule has 0 saturated heterocycles. The Kier molecular flexibility index (Phi) is 3.23. The van der Waals surface area contributed by atoms with Gasteiger partial charge in [0.25, 0.3) is 0 Å². The summed E-state index contributed by atoms with van der Waals surface area (Å²) in [6.07, 6.45) is 6.95. The fourth-order valence-electron chi connectivity index (χ4n) is 2.43. The number of furan rings is 1. The van der Waals surface area contributed by atoms with Crippen LogP contribution in [0.1, 0.15) is 23.0 Å². The van der Waals surface area contributed by atoms with Crippen molar-refractivity contribution in [3.8, 4) is 11.6 Å². The van der Waals surface area contributed by atoms with Crippen LogP contribution >= 0.6 is 0 Å². The van der Waals surface area contributed by atoms with E-state index < -0.39 is 0 Å². The van der Waals surface area contributed by atoms with Crippen molar-refractivity contribution < 1.29 is 4.42 Å². The van der Waals surface area contributed by atoms with Crippen molar-refractivity contribution in [2.24, 2.45) is 7.05 Å². The Balaban J connectivity index is 1.67. The molecule has 4 rings (SSSR count). The molecule has 0 saturated carbocycles. The third kappa shape index (κ3) is 2.37. The predicted molar refractivity (Wildman–Crippen MR) is 87.9 cm³/mol. The first-order valence-corrected chi connectivity index (χ1v) is 7.44. The van der Waals surface area contributed by atoms with Crippen LogP contribution in [-0.2, 0) is 7.05 Å². The smallest absolute Gasteiger partial charge is 0.194 e. The second-order valence-electron chi connectivity index (χ2n) is 5.42. The summed E-state index contributed by atoms with van der Waals surface area (Å²) >= 11 is 0. The minimum absolute atomic E-state index is 0.564. The van der Waals surface area contributed by atoms with Gasteiger partial charge in [-0.05, 0) is 38.1 Å². The molecule has 4 aromatic rings. The van der Waals surface area contributed by atoms with E-state index in [1.165, 1.54) is 0 Å². The van der Waals surface area contributed by atoms with E-state index >= 15 is 0 Å². The highest BCUT2D eigenvalue weighted by molar-refractivity contribution is 5.65. The van der Waals surface area contributed by atoms with Crippen LogP contribution in [0.15, 0.2) is 29.0 Å². The fraction of sp³-hybridized carbons (Fsp3) is 0.188. The molecule has 0 fully saturated rings. The average molecular weight is 321 g/mol. The maximum atomic E-state index is 5.36. The van der Waals surface area contributed by atoms with E-state index in [1.54, 1.807) is 33.8 Å². The van der Waals surface area contributed by atoms with Crippen LogP contribution in [0.4, 0.5) is 0 Å². The molecule has 0 amide bonds. The van der Waals surface area contributed by atoms with E-state index in [1.807, 2.05) is 33.0 Å². The quantitative estimate of drug-likeness (QED) is 0.575. The van der Waals surface area contributed by atoms with Crippen molar-refractivity contribution >= 4 is 17.8 Å². The molecule has 120 valence electrons. The van der Waals surface area contributed by atoms with Gasteiger partial charge in [-0.1, -0.05) is 0 Å². The first-order chi connectivity index (χ1) is 11.6. The zero-order valence-electron chi connectivity index (χ0n) is 13.5. The second kappa shape index (κ2) is 5.41. The van der Waals surface area contributed by atoms with Gasteiger partial charge in [0.05, 0.1) is 17.7 Å². The van der Waals surface area contributed by atoms with Crippen molar-refractivity contribution in [2.75, 3.05) is 0 Å². The van der Waals surface area contributed by atoms with Crippen LogP contribution in [0, 0.1) is 13.8 Å². The molecule has 24 heavy (non-hydrogen) atoms. The monoisotopic (exact) mass is 321 g/mol. The van der Waals surface area contributed by atoms with E-state index in [0.717, 1.165) is 17.0 Å². The molecule has 0 spiro atoms. The predicted octanol–water partition coefficient (Wildman–Crippen LogP) is 2.30. The Morgan fingerprint density at radius 1 is 1.08 bits per heavy atom. The number of fused-ring (bicyclic) bond motifs is 1. The molecule has 4 heterocycles. The minimum atomic E-state index is 0.564. The zero-order valence-corrected chi connectivity index (χ0v) is 13.5. The molecule has 0 atom stereocenters. The molecule has 0 radical (unpaired) electrons. The Morgan fingerprint density at radius 2 is 1.88 bits per heavy atom. The molecule has 0 bridgehead atoms. The van der Waals surface area contributed by atoms with Gasteiger partial charge in [0.15, 0.2) is 28.9 Å². The molecular formula is C16H15N7O. The molecule has 0 aliphatic carbocycles. The average Bonchev–Trinajstić information content (AvgIpc) is 3.28. The fourth-order valence-corrected chi connectivity index (χ4v) is 2.43. The minimum Gasteiger partial charge on any atom is -0.461 e. The molecule has 0 N–H and O–H groups in total. The third-order valence-corrected chi connectivity index (χ3v) is 3.63. The van der Waals surface area contributed by atoms with Crippen molar-refractivity contribution in [2.45, 2.75) is 13.8 Å². The van der Waals surface area contributed by atoms with Crippen molar-refractivity contribution in [3.05, 3.63) is 47.6 Å². The zero-order chi connectivity index (χ0) is 16.7. The molecular weight excluding hydrogens is 306 g/mol. The van der Waals surface area contributed by atoms with E-state index in [4.69, 9.17) is 4.42 Å². The Labute approximate surface area is 137 Å². The summed E-state index contributed by atoms with van der Waals surface area (Å²) in [5.41, 5.74) is 2.52. The summed E-state index contributed by atoms with van der Waals surface area (Å²) in [5, 5.41) is 8.82. The topological polar surface area (TPSA) is 86.9 Å². The van der Waals surface area contributed by atoms with Gasteiger partial charge in [-0.2, -0.15) is 5.10 Å². The summed E-state index contributed by atoms with van der Waals surface area (Å²) in [7, 11) is 1.82.